The van der Waals surface area contributed by atoms with Crippen LogP contribution in [0.4, 0.5) is 0 Å². The number of hydrogen-bond acceptors (Lipinski definition) is 5. The fraction of sp³-hybridized carbons (Fsp3) is 0.647. The van der Waals surface area contributed by atoms with Crippen molar-refractivity contribution in [2.75, 3.05) is 13.1 Å². The molecule has 1 amide bonds. The predicted molar refractivity (Wildman–Crippen MR) is 84.5 cm³/mol. The Kier molecular flexibility index (Phi) is 2.90. The summed E-state index contributed by atoms with van der Waals surface area (Å²) >= 11 is 0. The molecule has 3 heterocycles. The Morgan fingerprint density at radius 1 is 1.38 bits per heavy atom. The summed E-state index contributed by atoms with van der Waals surface area (Å²) in [6, 6.07) is 0. The van der Waals surface area contributed by atoms with E-state index in [1.54, 1.807) is 6.20 Å². The number of carbonyl (C=O) groups is 1. The molecule has 2 aromatic rings. The van der Waals surface area contributed by atoms with Crippen molar-refractivity contribution in [3.63, 3.8) is 0 Å². The monoisotopic (exact) mass is 327 g/mol. The van der Waals surface area contributed by atoms with Crippen LogP contribution in [-0.2, 0) is 5.41 Å². The van der Waals surface area contributed by atoms with E-state index < -0.39 is 0 Å². The maximum absolute atomic E-state index is 12.9. The SMILES string of the molecule is Cc1[nH]ncc1C(=O)N1C[C@@H]2CCC[C@]2(c2nnc(C3CC3)o2)C1. The lowest BCUT2D eigenvalue weighted by Crippen LogP contribution is -2.35. The van der Waals surface area contributed by atoms with Gasteiger partial charge in [0, 0.05) is 24.7 Å². The number of likely N-dealkylation sites (tertiary alicyclic amines) is 1. The van der Waals surface area contributed by atoms with Crippen molar-refractivity contribution in [3.05, 3.63) is 29.2 Å². The van der Waals surface area contributed by atoms with E-state index in [0.29, 0.717) is 23.9 Å². The Labute approximate surface area is 139 Å². The molecule has 0 radical (unpaired) electrons. The summed E-state index contributed by atoms with van der Waals surface area (Å²) in [7, 11) is 0. The lowest BCUT2D eigenvalue weighted by atomic mass is 9.80. The minimum Gasteiger partial charge on any atom is -0.424 e. The van der Waals surface area contributed by atoms with E-state index in [0.717, 1.165) is 49.7 Å². The second kappa shape index (κ2) is 4.91. The summed E-state index contributed by atoms with van der Waals surface area (Å²) in [6.45, 7) is 3.32. The summed E-state index contributed by atoms with van der Waals surface area (Å²) in [5.74, 6) is 2.49. The van der Waals surface area contributed by atoms with Crippen LogP contribution in [0.2, 0.25) is 0 Å². The van der Waals surface area contributed by atoms with Gasteiger partial charge in [0.2, 0.25) is 11.8 Å². The molecular weight excluding hydrogens is 306 g/mol. The standard InChI is InChI=1S/C17H21N5O2/c1-10-13(7-18-19-10)15(23)22-8-12-3-2-6-17(12,9-22)16-21-20-14(24-16)11-4-5-11/h7,11-12H,2-6,8-9H2,1H3,(H,18,19)/t12-,17-/m0/s1. The topological polar surface area (TPSA) is 87.9 Å². The van der Waals surface area contributed by atoms with Gasteiger partial charge in [0.1, 0.15) is 0 Å². The van der Waals surface area contributed by atoms with E-state index in [-0.39, 0.29) is 11.3 Å². The number of aromatic amines is 1. The quantitative estimate of drug-likeness (QED) is 0.933. The van der Waals surface area contributed by atoms with Crippen molar-refractivity contribution in [2.24, 2.45) is 5.92 Å². The second-order valence-corrected chi connectivity index (χ2v) is 7.56. The molecule has 126 valence electrons. The van der Waals surface area contributed by atoms with Gasteiger partial charge in [-0.2, -0.15) is 5.10 Å². The van der Waals surface area contributed by atoms with Gasteiger partial charge in [-0.25, -0.2) is 0 Å². The van der Waals surface area contributed by atoms with Crippen LogP contribution in [0, 0.1) is 12.8 Å². The molecular formula is C17H21N5O2. The molecule has 0 unspecified atom stereocenters. The van der Waals surface area contributed by atoms with Crippen LogP contribution in [0.5, 0.6) is 0 Å². The molecule has 2 atom stereocenters. The smallest absolute Gasteiger partial charge is 0.257 e. The lowest BCUT2D eigenvalue weighted by molar-refractivity contribution is 0.0775. The summed E-state index contributed by atoms with van der Waals surface area (Å²) in [5, 5.41) is 15.5. The summed E-state index contributed by atoms with van der Waals surface area (Å²) in [5.41, 5.74) is 1.34. The molecule has 5 rings (SSSR count). The predicted octanol–water partition coefficient (Wildman–Crippen LogP) is 2.17. The summed E-state index contributed by atoms with van der Waals surface area (Å²) in [6.07, 6.45) is 7.24. The van der Waals surface area contributed by atoms with E-state index in [9.17, 15) is 4.79 Å². The minimum atomic E-state index is -0.145. The first-order valence-corrected chi connectivity index (χ1v) is 8.80. The highest BCUT2D eigenvalue weighted by Gasteiger charge is 2.55. The van der Waals surface area contributed by atoms with Crippen molar-refractivity contribution in [3.8, 4) is 0 Å². The van der Waals surface area contributed by atoms with Gasteiger partial charge in [-0.3, -0.25) is 9.89 Å². The largest absolute Gasteiger partial charge is 0.424 e. The maximum Gasteiger partial charge on any atom is 0.257 e. The third-order valence-corrected chi connectivity index (χ3v) is 6.01. The number of aromatic nitrogens is 4. The average Bonchev–Trinajstić information content (AvgIpc) is 2.97. The van der Waals surface area contributed by atoms with Gasteiger partial charge < -0.3 is 9.32 Å². The van der Waals surface area contributed by atoms with E-state index >= 15 is 0 Å². The normalized spacial score (nSPS) is 29.2. The number of rotatable bonds is 3. The molecule has 3 fully saturated rings. The van der Waals surface area contributed by atoms with Crippen molar-refractivity contribution in [1.82, 2.24) is 25.3 Å². The first kappa shape index (κ1) is 14.2. The molecule has 0 aromatic carbocycles. The molecule has 0 spiro atoms. The van der Waals surface area contributed by atoms with Crippen LogP contribution < -0.4 is 0 Å². The van der Waals surface area contributed by atoms with E-state index in [2.05, 4.69) is 20.4 Å². The molecule has 7 nitrogen and oxygen atoms in total. The van der Waals surface area contributed by atoms with Gasteiger partial charge in [0.05, 0.1) is 17.2 Å². The van der Waals surface area contributed by atoms with Crippen molar-refractivity contribution in [1.29, 1.82) is 0 Å². The van der Waals surface area contributed by atoms with Crippen molar-refractivity contribution >= 4 is 5.91 Å². The van der Waals surface area contributed by atoms with Gasteiger partial charge in [-0.1, -0.05) is 6.42 Å². The highest BCUT2D eigenvalue weighted by molar-refractivity contribution is 5.95. The van der Waals surface area contributed by atoms with E-state index in [1.807, 2.05) is 11.8 Å². The molecule has 0 bridgehead atoms. The molecule has 2 aliphatic carbocycles. The van der Waals surface area contributed by atoms with Crippen LogP contribution in [0.3, 0.4) is 0 Å². The zero-order chi connectivity index (χ0) is 16.3. The molecule has 3 aliphatic rings. The first-order chi connectivity index (χ1) is 11.7. The summed E-state index contributed by atoms with van der Waals surface area (Å²) < 4.78 is 6.06. The number of H-pyrrole nitrogens is 1. The van der Waals surface area contributed by atoms with Crippen LogP contribution >= 0.6 is 0 Å². The number of amides is 1. The van der Waals surface area contributed by atoms with Gasteiger partial charge in [-0.05, 0) is 38.5 Å². The number of nitrogens with one attached hydrogen (secondary N) is 1. The van der Waals surface area contributed by atoms with Crippen LogP contribution in [0.15, 0.2) is 10.6 Å². The Hall–Kier alpha value is -2.18. The third-order valence-electron chi connectivity index (χ3n) is 6.01. The summed E-state index contributed by atoms with van der Waals surface area (Å²) in [4.78, 5) is 14.8. The van der Waals surface area contributed by atoms with Gasteiger partial charge in [-0.15, -0.1) is 10.2 Å². The Morgan fingerprint density at radius 2 is 2.25 bits per heavy atom. The number of hydrogen-bond donors (Lipinski definition) is 1. The van der Waals surface area contributed by atoms with Crippen molar-refractivity contribution < 1.29 is 9.21 Å². The molecule has 1 saturated heterocycles. The van der Waals surface area contributed by atoms with Gasteiger partial charge >= 0.3 is 0 Å². The molecule has 1 aliphatic heterocycles. The highest BCUT2D eigenvalue weighted by atomic mass is 16.4. The Bertz CT molecular complexity index is 793. The highest BCUT2D eigenvalue weighted by Crippen LogP contribution is 2.51. The lowest BCUT2D eigenvalue weighted by Gasteiger charge is -2.24. The average molecular weight is 327 g/mol. The van der Waals surface area contributed by atoms with Crippen LogP contribution in [0.25, 0.3) is 0 Å². The minimum absolute atomic E-state index is 0.0527. The number of nitrogens with zero attached hydrogens (tertiary/aromatic N) is 4. The van der Waals surface area contributed by atoms with Gasteiger partial charge in [0.15, 0.2) is 0 Å². The fourth-order valence-electron chi connectivity index (χ4n) is 4.46. The maximum atomic E-state index is 12.9. The Morgan fingerprint density at radius 3 is 3.00 bits per heavy atom. The van der Waals surface area contributed by atoms with Crippen LogP contribution in [-0.4, -0.2) is 44.3 Å². The molecule has 2 saturated carbocycles. The molecule has 24 heavy (non-hydrogen) atoms. The number of aryl methyl sites for hydroxylation is 1. The van der Waals surface area contributed by atoms with Gasteiger partial charge in [0.25, 0.3) is 5.91 Å². The van der Waals surface area contributed by atoms with Crippen LogP contribution in [0.1, 0.15) is 65.9 Å². The van der Waals surface area contributed by atoms with E-state index in [1.165, 1.54) is 6.42 Å². The second-order valence-electron chi connectivity index (χ2n) is 7.56. The zero-order valence-corrected chi connectivity index (χ0v) is 13.8. The Balaban J connectivity index is 1.45. The number of carbonyl (C=O) groups excluding carboxylic acids is 1. The fourth-order valence-corrected chi connectivity index (χ4v) is 4.46. The van der Waals surface area contributed by atoms with E-state index in [4.69, 9.17) is 4.42 Å². The van der Waals surface area contributed by atoms with Crippen molar-refractivity contribution in [2.45, 2.75) is 50.4 Å². The number of fused-ring (bicyclic) bond motifs is 1. The molecule has 1 N–H and O–H groups in total. The molecule has 2 aromatic heterocycles. The molecule has 7 heteroatoms. The zero-order valence-electron chi connectivity index (χ0n) is 13.8. The first-order valence-electron chi connectivity index (χ1n) is 8.80. The third kappa shape index (κ3) is 1.96.